The molecule has 0 aromatic heterocycles. The Bertz CT molecular complexity index is 935. The molecule has 0 bridgehead atoms. The number of hydrogen-bond donors (Lipinski definition) is 1. The van der Waals surface area contributed by atoms with Gasteiger partial charge in [-0.2, -0.15) is 4.31 Å². The first-order valence-corrected chi connectivity index (χ1v) is 10.3. The molecule has 150 valence electrons. The van der Waals surface area contributed by atoms with Crippen molar-refractivity contribution < 1.29 is 22.7 Å². The van der Waals surface area contributed by atoms with E-state index in [0.717, 1.165) is 5.56 Å². The van der Waals surface area contributed by atoms with Crippen LogP contribution in [0.2, 0.25) is 0 Å². The van der Waals surface area contributed by atoms with Gasteiger partial charge in [0.25, 0.3) is 5.91 Å². The Balaban J connectivity index is 2.06. The van der Waals surface area contributed by atoms with Gasteiger partial charge in [0.2, 0.25) is 10.0 Å². The normalized spacial score (nSPS) is 11.3. The number of methoxy groups -OCH3 is 1. The summed E-state index contributed by atoms with van der Waals surface area (Å²) in [7, 11) is -2.23. The van der Waals surface area contributed by atoms with E-state index in [1.165, 1.54) is 29.6 Å². The molecule has 8 heteroatoms. The number of nitrogens with one attached hydrogen (secondary N) is 1. The molecule has 7 nitrogen and oxygen atoms in total. The molecule has 1 amide bonds. The Kier molecular flexibility index (Phi) is 7.31. The summed E-state index contributed by atoms with van der Waals surface area (Å²) < 4.78 is 31.0. The number of carbonyl (C=O) groups excluding carboxylic acids is 2. The van der Waals surface area contributed by atoms with E-state index >= 15 is 0 Å². The molecule has 0 atom stereocenters. The number of rotatable bonds is 8. The zero-order valence-corrected chi connectivity index (χ0v) is 17.0. The lowest BCUT2D eigenvalue weighted by atomic mass is 10.1. The highest BCUT2D eigenvalue weighted by Crippen LogP contribution is 2.16. The van der Waals surface area contributed by atoms with Gasteiger partial charge in [-0.15, -0.1) is 0 Å². The van der Waals surface area contributed by atoms with Crippen molar-refractivity contribution in [2.45, 2.75) is 25.3 Å². The molecule has 28 heavy (non-hydrogen) atoms. The molecule has 1 N–H and O–H groups in total. The first kappa shape index (κ1) is 21.6. The number of benzene rings is 2. The van der Waals surface area contributed by atoms with Crippen molar-refractivity contribution in [1.29, 1.82) is 0 Å². The van der Waals surface area contributed by atoms with Gasteiger partial charge in [0.15, 0.2) is 0 Å². The van der Waals surface area contributed by atoms with Crippen molar-refractivity contribution in [2.75, 3.05) is 20.2 Å². The lowest BCUT2D eigenvalue weighted by molar-refractivity contribution is 0.0600. The average molecular weight is 404 g/mol. The SMILES string of the molecule is CCN(CC)S(=O)(=O)c1ccc(CNC(=O)c2cccc(C(=O)OC)c2)cc1. The lowest BCUT2D eigenvalue weighted by Gasteiger charge is -2.18. The van der Waals surface area contributed by atoms with E-state index in [9.17, 15) is 18.0 Å². The Hall–Kier alpha value is -2.71. The maximum Gasteiger partial charge on any atom is 0.337 e. The van der Waals surface area contributed by atoms with Crippen LogP contribution in [0.4, 0.5) is 0 Å². The van der Waals surface area contributed by atoms with Crippen molar-refractivity contribution >= 4 is 21.9 Å². The van der Waals surface area contributed by atoms with Crippen molar-refractivity contribution in [3.05, 3.63) is 65.2 Å². The number of hydrogen-bond acceptors (Lipinski definition) is 5. The summed E-state index contributed by atoms with van der Waals surface area (Å²) in [6, 6.07) is 12.6. The van der Waals surface area contributed by atoms with Gasteiger partial charge in [0, 0.05) is 25.2 Å². The molecular formula is C20H24N2O5S. The summed E-state index contributed by atoms with van der Waals surface area (Å²) in [5.41, 5.74) is 1.39. The average Bonchev–Trinajstić information content (AvgIpc) is 2.72. The fraction of sp³-hybridized carbons (Fsp3) is 0.300. The Morgan fingerprint density at radius 2 is 1.61 bits per heavy atom. The second-order valence-electron chi connectivity index (χ2n) is 5.99. The van der Waals surface area contributed by atoms with Crippen molar-refractivity contribution in [3.8, 4) is 0 Å². The number of ether oxygens (including phenoxy) is 1. The molecule has 2 rings (SSSR count). The van der Waals surface area contributed by atoms with Crippen LogP contribution in [0.1, 0.15) is 40.1 Å². The summed E-state index contributed by atoms with van der Waals surface area (Å²) in [5.74, 6) is -0.856. The monoisotopic (exact) mass is 404 g/mol. The molecule has 0 saturated carbocycles. The second kappa shape index (κ2) is 9.48. The van der Waals surface area contributed by atoms with E-state index in [0.29, 0.717) is 24.2 Å². The molecule has 0 aliphatic carbocycles. The maximum absolute atomic E-state index is 12.5. The summed E-state index contributed by atoms with van der Waals surface area (Å²) in [4.78, 5) is 24.1. The standard InChI is InChI=1S/C20H24N2O5S/c1-4-22(5-2)28(25,26)18-11-9-15(10-12-18)14-21-19(23)16-7-6-8-17(13-16)20(24)27-3/h6-13H,4-5,14H2,1-3H3,(H,21,23). The first-order chi connectivity index (χ1) is 13.3. The second-order valence-corrected chi connectivity index (χ2v) is 7.93. The Morgan fingerprint density at radius 1 is 1.00 bits per heavy atom. The van der Waals surface area contributed by atoms with E-state index in [1.807, 2.05) is 0 Å². The molecule has 0 heterocycles. The highest BCUT2D eigenvalue weighted by Gasteiger charge is 2.21. The third-order valence-electron chi connectivity index (χ3n) is 4.27. The molecule has 0 unspecified atom stereocenters. The Labute approximate surface area is 165 Å². The zero-order valence-electron chi connectivity index (χ0n) is 16.1. The zero-order chi connectivity index (χ0) is 20.7. The van der Waals surface area contributed by atoms with Crippen LogP contribution in [0.3, 0.4) is 0 Å². The van der Waals surface area contributed by atoms with E-state index in [4.69, 9.17) is 0 Å². The van der Waals surface area contributed by atoms with Gasteiger partial charge in [-0.25, -0.2) is 13.2 Å². The molecule has 2 aromatic rings. The largest absolute Gasteiger partial charge is 0.465 e. The molecule has 0 radical (unpaired) electrons. The highest BCUT2D eigenvalue weighted by atomic mass is 32.2. The van der Waals surface area contributed by atoms with E-state index < -0.39 is 16.0 Å². The molecule has 0 aliphatic rings. The van der Waals surface area contributed by atoms with Gasteiger partial charge in [-0.3, -0.25) is 4.79 Å². The molecule has 2 aromatic carbocycles. The third-order valence-corrected chi connectivity index (χ3v) is 6.33. The minimum Gasteiger partial charge on any atom is -0.465 e. The van der Waals surface area contributed by atoms with Gasteiger partial charge < -0.3 is 10.1 Å². The summed E-state index contributed by atoms with van der Waals surface area (Å²) in [5, 5.41) is 2.75. The quantitative estimate of drug-likeness (QED) is 0.682. The summed E-state index contributed by atoms with van der Waals surface area (Å²) >= 11 is 0. The molecule has 0 aliphatic heterocycles. The minimum absolute atomic E-state index is 0.219. The predicted octanol–water partition coefficient (Wildman–Crippen LogP) is 2.43. The predicted molar refractivity (Wildman–Crippen MR) is 106 cm³/mol. The highest BCUT2D eigenvalue weighted by molar-refractivity contribution is 7.89. The summed E-state index contributed by atoms with van der Waals surface area (Å²) in [6.07, 6.45) is 0. The molecule has 0 saturated heterocycles. The van der Waals surface area contributed by atoms with Crippen LogP contribution >= 0.6 is 0 Å². The topological polar surface area (TPSA) is 92.8 Å². The number of esters is 1. The van der Waals surface area contributed by atoms with Gasteiger partial charge in [0.05, 0.1) is 17.6 Å². The van der Waals surface area contributed by atoms with Crippen LogP contribution in [0.5, 0.6) is 0 Å². The smallest absolute Gasteiger partial charge is 0.337 e. The van der Waals surface area contributed by atoms with Crippen LogP contribution in [-0.2, 0) is 21.3 Å². The number of sulfonamides is 1. The van der Waals surface area contributed by atoms with Gasteiger partial charge in [-0.05, 0) is 35.9 Å². The first-order valence-electron chi connectivity index (χ1n) is 8.89. The fourth-order valence-corrected chi connectivity index (χ4v) is 4.14. The van der Waals surface area contributed by atoms with Crippen LogP contribution < -0.4 is 5.32 Å². The van der Waals surface area contributed by atoms with Crippen molar-refractivity contribution in [3.63, 3.8) is 0 Å². The number of carbonyl (C=O) groups is 2. The third kappa shape index (κ3) is 4.96. The van der Waals surface area contributed by atoms with E-state index in [-0.39, 0.29) is 17.3 Å². The van der Waals surface area contributed by atoms with Crippen LogP contribution in [0.25, 0.3) is 0 Å². The molecule has 0 fully saturated rings. The fourth-order valence-electron chi connectivity index (χ4n) is 2.68. The van der Waals surface area contributed by atoms with Crippen LogP contribution in [0, 0.1) is 0 Å². The lowest BCUT2D eigenvalue weighted by Crippen LogP contribution is -2.30. The van der Waals surface area contributed by atoms with E-state index in [2.05, 4.69) is 10.1 Å². The molecular weight excluding hydrogens is 380 g/mol. The van der Waals surface area contributed by atoms with Crippen LogP contribution in [-0.4, -0.2) is 44.8 Å². The van der Waals surface area contributed by atoms with Gasteiger partial charge >= 0.3 is 5.97 Å². The number of amides is 1. The number of nitrogens with zero attached hydrogens (tertiary/aromatic N) is 1. The van der Waals surface area contributed by atoms with Gasteiger partial charge in [0.1, 0.15) is 0 Å². The van der Waals surface area contributed by atoms with Gasteiger partial charge in [-0.1, -0.05) is 32.0 Å². The van der Waals surface area contributed by atoms with E-state index in [1.54, 1.807) is 44.2 Å². The Morgan fingerprint density at radius 3 is 2.18 bits per heavy atom. The van der Waals surface area contributed by atoms with Crippen LogP contribution in [0.15, 0.2) is 53.4 Å². The maximum atomic E-state index is 12.5. The van der Waals surface area contributed by atoms with Crippen molar-refractivity contribution in [2.24, 2.45) is 0 Å². The summed E-state index contributed by atoms with van der Waals surface area (Å²) in [6.45, 7) is 4.62. The minimum atomic E-state index is -3.51. The molecule has 0 spiro atoms. The van der Waals surface area contributed by atoms with Crippen molar-refractivity contribution in [1.82, 2.24) is 9.62 Å².